The highest BCUT2D eigenvalue weighted by molar-refractivity contribution is 6.31. The van der Waals surface area contributed by atoms with Gasteiger partial charge in [-0.05, 0) is 103 Å². The fourth-order valence-electron chi connectivity index (χ4n) is 10.2. The zero-order valence-electron chi connectivity index (χ0n) is 31.7. The van der Waals surface area contributed by atoms with Gasteiger partial charge in [0.2, 0.25) is 0 Å². The Kier molecular flexibility index (Phi) is 9.32. The quantitative estimate of drug-likeness (QED) is 0.298. The molecule has 1 aromatic heterocycles. The zero-order chi connectivity index (χ0) is 37.2. The maximum absolute atomic E-state index is 13.7. The second-order valence-corrected chi connectivity index (χ2v) is 18.5. The van der Waals surface area contributed by atoms with Crippen molar-refractivity contribution in [3.63, 3.8) is 0 Å². The first-order chi connectivity index (χ1) is 24.5. The second-order valence-electron chi connectivity index (χ2n) is 18.1. The molecular formula is C42H52ClN5O4. The molecule has 0 unspecified atom stereocenters. The number of piperidine rings is 1. The number of nitrogens with zero attached hydrogens (tertiary/aromatic N) is 5. The average molecular weight is 726 g/mol. The number of fused-ring (bicyclic) bond motifs is 1. The lowest BCUT2D eigenvalue weighted by Crippen LogP contribution is -2.74. The molecule has 1 aromatic carbocycles. The van der Waals surface area contributed by atoms with Crippen molar-refractivity contribution in [1.82, 2.24) is 19.7 Å². The van der Waals surface area contributed by atoms with Crippen molar-refractivity contribution in [2.45, 2.75) is 117 Å². The first kappa shape index (κ1) is 36.6. The summed E-state index contributed by atoms with van der Waals surface area (Å²) in [5.74, 6) is 7.87. The predicted octanol–water partition coefficient (Wildman–Crippen LogP) is 7.69. The van der Waals surface area contributed by atoms with Gasteiger partial charge < -0.3 is 24.2 Å². The standard InChI is InChI=1S/C42H52ClN5O4/c1-39(2,3)52-38(50)47-25-42(26-47)18-20-46(21-19-42)30-14-9-27(10-15-30)8-12-29-13-17-32-34(45-29)24-48(35(32)49)36-40(4,5)37(41(36,6)7)51-31-16-11-28(23-44)33(43)22-31/h11,13,16-17,22,27,30,36-37H,9-10,14-15,18-21,24-26H2,1-7H3. The smallest absolute Gasteiger partial charge is 0.410 e. The van der Waals surface area contributed by atoms with Gasteiger partial charge in [-0.2, -0.15) is 5.26 Å². The van der Waals surface area contributed by atoms with Gasteiger partial charge in [0, 0.05) is 53.4 Å². The van der Waals surface area contributed by atoms with Crippen molar-refractivity contribution in [1.29, 1.82) is 5.26 Å². The van der Waals surface area contributed by atoms with Crippen LogP contribution < -0.4 is 4.74 Å². The highest BCUT2D eigenvalue weighted by atomic mass is 35.5. The number of carbonyl (C=O) groups excluding carboxylic acids is 2. The van der Waals surface area contributed by atoms with Crippen LogP contribution in [0.2, 0.25) is 5.02 Å². The molecule has 4 fully saturated rings. The molecule has 5 aliphatic rings. The lowest BCUT2D eigenvalue weighted by atomic mass is 9.49. The fourth-order valence-corrected chi connectivity index (χ4v) is 10.4. The van der Waals surface area contributed by atoms with E-state index in [1.165, 1.54) is 0 Å². The van der Waals surface area contributed by atoms with Crippen molar-refractivity contribution >= 4 is 23.6 Å². The van der Waals surface area contributed by atoms with Crippen LogP contribution in [0, 0.1) is 45.3 Å². The zero-order valence-corrected chi connectivity index (χ0v) is 32.5. The van der Waals surface area contributed by atoms with Crippen LogP contribution in [0.15, 0.2) is 30.3 Å². The highest BCUT2D eigenvalue weighted by Gasteiger charge is 2.67. The first-order valence-corrected chi connectivity index (χ1v) is 19.3. The Hall–Kier alpha value is -3.79. The molecular weight excluding hydrogens is 674 g/mol. The molecule has 1 spiro atoms. The van der Waals surface area contributed by atoms with E-state index in [0.717, 1.165) is 76.1 Å². The van der Waals surface area contributed by atoms with Gasteiger partial charge in [-0.3, -0.25) is 4.79 Å². The number of halogens is 1. The Balaban J connectivity index is 0.907. The van der Waals surface area contributed by atoms with Crippen molar-refractivity contribution in [3.8, 4) is 23.7 Å². The lowest BCUT2D eigenvalue weighted by molar-refractivity contribution is -0.199. The van der Waals surface area contributed by atoms with Gasteiger partial charge in [-0.1, -0.05) is 45.2 Å². The molecule has 0 N–H and O–H groups in total. The number of hydrogen-bond donors (Lipinski definition) is 0. The molecule has 52 heavy (non-hydrogen) atoms. The van der Waals surface area contributed by atoms with Gasteiger partial charge in [0.05, 0.1) is 28.4 Å². The van der Waals surface area contributed by atoms with E-state index < -0.39 is 5.60 Å². The number of aromatic nitrogens is 1. The van der Waals surface area contributed by atoms with Gasteiger partial charge in [0.15, 0.2) is 0 Å². The summed E-state index contributed by atoms with van der Waals surface area (Å²) >= 11 is 6.28. The molecule has 2 amide bonds. The van der Waals surface area contributed by atoms with Crippen molar-refractivity contribution in [3.05, 3.63) is 57.9 Å². The number of amides is 2. The molecule has 0 radical (unpaired) electrons. The van der Waals surface area contributed by atoms with E-state index in [1.807, 2.05) is 42.7 Å². The van der Waals surface area contributed by atoms with E-state index >= 15 is 0 Å². The van der Waals surface area contributed by atoms with Crippen LogP contribution in [0.3, 0.4) is 0 Å². The number of nitriles is 1. The molecule has 3 aliphatic heterocycles. The van der Waals surface area contributed by atoms with Crippen molar-refractivity contribution < 1.29 is 19.1 Å². The van der Waals surface area contributed by atoms with Gasteiger partial charge in [0.25, 0.3) is 5.91 Å². The molecule has 2 aromatic rings. The van der Waals surface area contributed by atoms with Crippen LogP contribution in [-0.4, -0.2) is 81.7 Å². The molecule has 276 valence electrons. The summed E-state index contributed by atoms with van der Waals surface area (Å²) in [5, 5.41) is 9.61. The van der Waals surface area contributed by atoms with E-state index in [4.69, 9.17) is 26.1 Å². The summed E-state index contributed by atoms with van der Waals surface area (Å²) in [6.45, 7) is 18.6. The summed E-state index contributed by atoms with van der Waals surface area (Å²) in [5.41, 5.74) is 1.73. The monoisotopic (exact) mass is 725 g/mol. The second kappa shape index (κ2) is 13.3. The summed E-state index contributed by atoms with van der Waals surface area (Å²) < 4.78 is 12.0. The van der Waals surface area contributed by atoms with Gasteiger partial charge >= 0.3 is 6.09 Å². The molecule has 4 heterocycles. The van der Waals surface area contributed by atoms with Crippen LogP contribution in [0.5, 0.6) is 5.75 Å². The summed E-state index contributed by atoms with van der Waals surface area (Å²) in [7, 11) is 0. The molecule has 0 bridgehead atoms. The third-order valence-corrected chi connectivity index (χ3v) is 12.7. The Morgan fingerprint density at radius 3 is 2.29 bits per heavy atom. The maximum Gasteiger partial charge on any atom is 0.410 e. The number of hydrogen-bond acceptors (Lipinski definition) is 7. The topological polar surface area (TPSA) is 99.0 Å². The number of carbonyl (C=O) groups is 2. The largest absolute Gasteiger partial charge is 0.489 e. The Morgan fingerprint density at radius 2 is 1.67 bits per heavy atom. The van der Waals surface area contributed by atoms with Crippen LogP contribution in [0.4, 0.5) is 4.79 Å². The SMILES string of the molecule is CC(C)(C)OC(=O)N1CC2(CCN(C3CCC(C#Cc4ccc5c(n4)CN(C4C(C)(C)C(Oc6ccc(C#N)c(Cl)c6)C4(C)C)C5=O)CC3)CC2)C1. The summed E-state index contributed by atoms with van der Waals surface area (Å²) in [4.78, 5) is 37.6. The molecule has 2 saturated carbocycles. The Bertz CT molecular complexity index is 1830. The molecule has 9 nitrogen and oxygen atoms in total. The fraction of sp³-hybridized carbons (Fsp3) is 0.619. The summed E-state index contributed by atoms with van der Waals surface area (Å²) in [6, 6.07) is 11.6. The minimum absolute atomic E-state index is 0.00709. The van der Waals surface area contributed by atoms with E-state index in [1.54, 1.807) is 18.2 Å². The third-order valence-electron chi connectivity index (χ3n) is 12.4. The van der Waals surface area contributed by atoms with Crippen molar-refractivity contribution in [2.75, 3.05) is 26.2 Å². The maximum atomic E-state index is 13.7. The van der Waals surface area contributed by atoms with E-state index in [-0.39, 0.29) is 40.4 Å². The molecule has 0 atom stereocenters. The van der Waals surface area contributed by atoms with E-state index in [0.29, 0.717) is 40.4 Å². The number of ether oxygens (including phenoxy) is 2. The minimum atomic E-state index is -0.453. The molecule has 2 saturated heterocycles. The van der Waals surface area contributed by atoms with Crippen LogP contribution in [0.25, 0.3) is 0 Å². The third kappa shape index (κ3) is 6.76. The van der Waals surface area contributed by atoms with Gasteiger partial charge in [0.1, 0.15) is 29.2 Å². The number of benzene rings is 1. The van der Waals surface area contributed by atoms with E-state index in [9.17, 15) is 14.9 Å². The van der Waals surface area contributed by atoms with Gasteiger partial charge in [-0.25, -0.2) is 9.78 Å². The highest BCUT2D eigenvalue weighted by Crippen LogP contribution is 2.59. The Labute approximate surface area is 314 Å². The molecule has 2 aliphatic carbocycles. The normalized spacial score (nSPS) is 27.4. The molecule has 7 rings (SSSR count). The van der Waals surface area contributed by atoms with Crippen LogP contribution in [-0.2, 0) is 11.3 Å². The van der Waals surface area contributed by atoms with Crippen LogP contribution in [0.1, 0.15) is 114 Å². The van der Waals surface area contributed by atoms with E-state index in [2.05, 4.69) is 50.5 Å². The van der Waals surface area contributed by atoms with Gasteiger partial charge in [-0.15, -0.1) is 0 Å². The lowest BCUT2D eigenvalue weighted by Gasteiger charge is -2.65. The molecule has 10 heteroatoms. The first-order valence-electron chi connectivity index (χ1n) is 18.9. The minimum Gasteiger partial charge on any atom is -0.489 e. The number of rotatable bonds is 4. The Morgan fingerprint density at radius 1 is 1.00 bits per heavy atom. The van der Waals surface area contributed by atoms with Crippen molar-refractivity contribution in [2.24, 2.45) is 22.2 Å². The predicted molar refractivity (Wildman–Crippen MR) is 200 cm³/mol. The van der Waals surface area contributed by atoms with Crippen LogP contribution >= 0.6 is 11.6 Å². The number of pyridine rings is 1. The summed E-state index contributed by atoms with van der Waals surface area (Å²) in [6.07, 6.45) is 6.45. The average Bonchev–Trinajstić information content (AvgIpc) is 3.38. The number of likely N-dealkylation sites (tertiary alicyclic amines) is 2.